The number of rotatable bonds is 25. The largest absolute Gasteiger partial charge is 0.508 e. The van der Waals surface area contributed by atoms with Gasteiger partial charge in [0.05, 0.1) is 25.6 Å². The number of hydrogen-bond acceptors (Lipinski definition) is 13. The molecule has 0 aromatic heterocycles. The lowest BCUT2D eigenvalue weighted by Crippen LogP contribution is -2.59. The summed E-state index contributed by atoms with van der Waals surface area (Å²) in [7, 11) is 0. The lowest BCUT2D eigenvalue weighted by molar-refractivity contribution is -0.144. The molecule has 1 heterocycles. The van der Waals surface area contributed by atoms with Crippen LogP contribution < -0.4 is 43.8 Å². The Bertz CT molecular complexity index is 1510. The van der Waals surface area contributed by atoms with Gasteiger partial charge in [0.2, 0.25) is 35.4 Å². The quantitative estimate of drug-likeness (QED) is 0.0421. The Balaban J connectivity index is 2.04. The van der Waals surface area contributed by atoms with Gasteiger partial charge in [-0.15, -0.1) is 0 Å². The molecule has 0 bridgehead atoms. The monoisotopic (exact) mass is 793 g/mol. The van der Waals surface area contributed by atoms with Gasteiger partial charge in [-0.05, 0) is 75.7 Å². The zero-order valence-electron chi connectivity index (χ0n) is 31.1. The molecule has 21 heteroatoms. The molecule has 6 amide bonds. The summed E-state index contributed by atoms with van der Waals surface area (Å²) < 4.78 is 0. The number of nitrogens with zero attached hydrogens (tertiary/aromatic N) is 1. The minimum Gasteiger partial charge on any atom is -0.508 e. The highest BCUT2D eigenvalue weighted by Gasteiger charge is 2.37. The number of likely N-dealkylation sites (tertiary alicyclic amines) is 1. The summed E-state index contributed by atoms with van der Waals surface area (Å²) in [5.41, 5.74) is 17.5. The van der Waals surface area contributed by atoms with E-state index in [1.807, 2.05) is 0 Å². The maximum atomic E-state index is 13.3. The molecule has 1 fully saturated rings. The van der Waals surface area contributed by atoms with Crippen LogP contribution in [0, 0.1) is 0 Å². The lowest BCUT2D eigenvalue weighted by atomic mass is 10.0. The molecule has 1 aromatic rings. The minimum atomic E-state index is -1.76. The van der Waals surface area contributed by atoms with Crippen molar-refractivity contribution in [3.63, 3.8) is 0 Å². The second-order valence-electron chi connectivity index (χ2n) is 13.4. The molecule has 21 nitrogen and oxygen atoms in total. The van der Waals surface area contributed by atoms with Crippen LogP contribution in [0.1, 0.15) is 63.4 Å². The number of aliphatic carboxylic acids is 2. The van der Waals surface area contributed by atoms with Crippen molar-refractivity contribution in [1.82, 2.24) is 31.5 Å². The van der Waals surface area contributed by atoms with E-state index in [1.54, 1.807) is 0 Å². The first-order valence-corrected chi connectivity index (χ1v) is 18.4. The normalized spacial score (nSPS) is 16.4. The molecule has 1 saturated heterocycles. The highest BCUT2D eigenvalue weighted by Crippen LogP contribution is 2.18. The Morgan fingerprint density at radius 2 is 1.34 bits per heavy atom. The third-order valence-corrected chi connectivity index (χ3v) is 8.99. The van der Waals surface area contributed by atoms with E-state index in [0.717, 1.165) is 4.90 Å². The van der Waals surface area contributed by atoms with Gasteiger partial charge in [0, 0.05) is 13.0 Å². The molecule has 1 aromatic carbocycles. The van der Waals surface area contributed by atoms with Gasteiger partial charge in [-0.25, -0.2) is 4.79 Å². The number of nitrogens with one attached hydrogen (secondary N) is 5. The Morgan fingerprint density at radius 3 is 1.93 bits per heavy atom. The van der Waals surface area contributed by atoms with E-state index in [9.17, 15) is 58.8 Å². The fourth-order valence-corrected chi connectivity index (χ4v) is 5.86. The number of benzene rings is 1. The van der Waals surface area contributed by atoms with E-state index >= 15 is 0 Å². The number of hydrogen-bond donors (Lipinski definition) is 12. The molecule has 15 N–H and O–H groups in total. The van der Waals surface area contributed by atoms with E-state index in [0.29, 0.717) is 57.2 Å². The van der Waals surface area contributed by atoms with Crippen molar-refractivity contribution in [2.45, 2.75) is 100 Å². The van der Waals surface area contributed by atoms with Crippen molar-refractivity contribution in [1.29, 1.82) is 0 Å². The number of aliphatic hydroxyl groups excluding tert-OH is 1. The average Bonchev–Trinajstić information content (AvgIpc) is 3.66. The Hall–Kier alpha value is -5.38. The van der Waals surface area contributed by atoms with Gasteiger partial charge in [-0.2, -0.15) is 0 Å². The van der Waals surface area contributed by atoms with Crippen LogP contribution in [-0.2, 0) is 44.8 Å². The van der Waals surface area contributed by atoms with E-state index in [2.05, 4.69) is 26.6 Å². The highest BCUT2D eigenvalue weighted by molar-refractivity contribution is 5.97. The van der Waals surface area contributed by atoms with E-state index in [1.165, 1.54) is 24.3 Å². The maximum Gasteiger partial charge on any atom is 0.326 e. The third kappa shape index (κ3) is 15.8. The van der Waals surface area contributed by atoms with Crippen molar-refractivity contribution in [2.75, 3.05) is 32.8 Å². The van der Waals surface area contributed by atoms with Crippen LogP contribution in [0.4, 0.5) is 0 Å². The fraction of sp³-hybridized carbons (Fsp3) is 0.600. The second kappa shape index (κ2) is 24.2. The van der Waals surface area contributed by atoms with Gasteiger partial charge in [0.25, 0.3) is 0 Å². The molecule has 0 radical (unpaired) electrons. The summed E-state index contributed by atoms with van der Waals surface area (Å²) in [5, 5.41) is 50.2. The lowest BCUT2D eigenvalue weighted by Gasteiger charge is -2.26. The SMILES string of the molecule is NCCCC[C@H](NC(=O)[C@@H](N)CCCCN)C(=O)N[C@@H](CC(=O)O)C(=O)N[C@@H](CO)C(=O)NCC(=O)N1CCC[C@H]1C(=O)N[C@@H](Cc1ccc(O)cc1)C(=O)O. The number of phenolic OH excluding ortho intramolecular Hbond substituents is 1. The topological polar surface area (TPSA) is 359 Å². The zero-order chi connectivity index (χ0) is 41.8. The van der Waals surface area contributed by atoms with Crippen LogP contribution in [0.15, 0.2) is 24.3 Å². The van der Waals surface area contributed by atoms with Crippen molar-refractivity contribution >= 4 is 47.4 Å². The Labute approximate surface area is 323 Å². The number of amides is 6. The third-order valence-electron chi connectivity index (χ3n) is 8.99. The summed E-state index contributed by atoms with van der Waals surface area (Å²) in [4.78, 5) is 103. The number of carboxylic acids is 2. The molecule has 1 aliphatic rings. The van der Waals surface area contributed by atoms with Gasteiger partial charge in [-0.3, -0.25) is 33.6 Å². The number of phenols is 1. The van der Waals surface area contributed by atoms with Gasteiger partial charge in [-0.1, -0.05) is 18.6 Å². The van der Waals surface area contributed by atoms with Crippen molar-refractivity contribution < 1.29 is 58.8 Å². The van der Waals surface area contributed by atoms with Crippen LogP contribution in [0.5, 0.6) is 5.75 Å². The molecule has 0 saturated carbocycles. The molecule has 312 valence electrons. The molecule has 6 atom stereocenters. The van der Waals surface area contributed by atoms with Crippen LogP contribution in [0.2, 0.25) is 0 Å². The smallest absolute Gasteiger partial charge is 0.326 e. The molecule has 2 rings (SSSR count). The first-order chi connectivity index (χ1) is 26.6. The van der Waals surface area contributed by atoms with Crippen molar-refractivity contribution in [2.24, 2.45) is 17.2 Å². The first kappa shape index (κ1) is 46.8. The first-order valence-electron chi connectivity index (χ1n) is 18.4. The van der Waals surface area contributed by atoms with Gasteiger partial charge >= 0.3 is 11.9 Å². The number of unbranched alkanes of at least 4 members (excludes halogenated alkanes) is 2. The number of aliphatic hydroxyl groups is 1. The fourth-order valence-electron chi connectivity index (χ4n) is 5.86. The molecule has 0 aliphatic carbocycles. The number of carbonyl (C=O) groups is 8. The van der Waals surface area contributed by atoms with Crippen LogP contribution >= 0.6 is 0 Å². The zero-order valence-corrected chi connectivity index (χ0v) is 31.1. The van der Waals surface area contributed by atoms with Crippen molar-refractivity contribution in [3.05, 3.63) is 29.8 Å². The van der Waals surface area contributed by atoms with Crippen molar-refractivity contribution in [3.8, 4) is 5.75 Å². The molecular formula is C35H55N9O12. The van der Waals surface area contributed by atoms with Crippen LogP contribution in [-0.4, -0.2) is 142 Å². The van der Waals surface area contributed by atoms with Gasteiger partial charge in [0.15, 0.2) is 0 Å². The summed E-state index contributed by atoms with van der Waals surface area (Å²) in [6.07, 6.45) is 2.05. The molecule has 56 heavy (non-hydrogen) atoms. The number of nitrogens with two attached hydrogens (primary N) is 3. The number of carbonyl (C=O) groups excluding carboxylic acids is 6. The predicted octanol–water partition coefficient (Wildman–Crippen LogP) is -3.88. The molecule has 0 spiro atoms. The maximum absolute atomic E-state index is 13.3. The van der Waals surface area contributed by atoms with Gasteiger partial charge in [0.1, 0.15) is 36.0 Å². The predicted molar refractivity (Wildman–Crippen MR) is 198 cm³/mol. The highest BCUT2D eigenvalue weighted by atomic mass is 16.4. The summed E-state index contributed by atoms with van der Waals surface area (Å²) in [6.45, 7) is -0.854. The molecular weight excluding hydrogens is 738 g/mol. The molecule has 1 aliphatic heterocycles. The van der Waals surface area contributed by atoms with Crippen LogP contribution in [0.25, 0.3) is 0 Å². The standard InChI is InChI=1S/C35H55N9O12/c36-13-3-1-6-22(38)30(50)40-23(7-2-4-14-37)32(52)41-24(17-29(48)49)33(53)43-26(19-45)31(51)39-18-28(47)44-15-5-8-27(44)34(54)42-25(35(55)56)16-20-9-11-21(46)12-10-20/h9-12,22-27,45-46H,1-8,13-19,36-38H2,(H,39,51)(H,40,50)(H,41,52)(H,42,54)(H,43,53)(H,48,49)(H,55,56)/t22-,23-,24-,25-,26-,27-/m0/s1. The Morgan fingerprint density at radius 1 is 0.750 bits per heavy atom. The summed E-state index contributed by atoms with van der Waals surface area (Å²) in [5.74, 6) is -8.04. The summed E-state index contributed by atoms with van der Waals surface area (Å²) >= 11 is 0. The van der Waals surface area contributed by atoms with Crippen LogP contribution in [0.3, 0.4) is 0 Å². The molecule has 0 unspecified atom stereocenters. The van der Waals surface area contributed by atoms with E-state index < -0.39 is 103 Å². The number of aromatic hydroxyl groups is 1. The second-order valence-corrected chi connectivity index (χ2v) is 13.4. The van der Waals surface area contributed by atoms with Gasteiger partial charge < -0.3 is 69.1 Å². The van der Waals surface area contributed by atoms with E-state index in [4.69, 9.17) is 17.2 Å². The minimum absolute atomic E-state index is 0.0195. The number of carboxylic acid groups (broad SMARTS) is 2. The Kier molecular flexibility index (Phi) is 20.2. The average molecular weight is 794 g/mol. The summed E-state index contributed by atoms with van der Waals surface area (Å²) in [6, 6.07) is -2.28. The van der Waals surface area contributed by atoms with E-state index in [-0.39, 0.29) is 31.6 Å².